The Morgan fingerprint density at radius 1 is 1.14 bits per heavy atom. The number of nitrogens with one attached hydrogen (secondary N) is 1. The average molecular weight is 326 g/mol. The molecule has 0 aliphatic heterocycles. The fraction of sp³-hybridized carbons (Fsp3) is 0.0714. The zero-order valence-electron chi connectivity index (χ0n) is 10.8. The van der Waals surface area contributed by atoms with E-state index < -0.39 is 16.0 Å². The number of sulfonamides is 1. The van der Waals surface area contributed by atoms with Crippen LogP contribution in [0.15, 0.2) is 53.4 Å². The third-order valence-electron chi connectivity index (χ3n) is 2.66. The maximum Gasteiger partial charge on any atom is 0.307 e. The number of hydrogen-bond donors (Lipinski definition) is 2. The van der Waals surface area contributed by atoms with Crippen LogP contribution in [-0.2, 0) is 21.2 Å². The van der Waals surface area contributed by atoms with Crippen molar-refractivity contribution in [2.24, 2.45) is 0 Å². The van der Waals surface area contributed by atoms with E-state index in [1.807, 2.05) is 0 Å². The summed E-state index contributed by atoms with van der Waals surface area (Å²) in [4.78, 5) is 10.6. The number of halogens is 1. The van der Waals surface area contributed by atoms with E-state index in [9.17, 15) is 13.2 Å². The molecule has 21 heavy (non-hydrogen) atoms. The van der Waals surface area contributed by atoms with Crippen molar-refractivity contribution in [2.45, 2.75) is 11.3 Å². The summed E-state index contributed by atoms with van der Waals surface area (Å²) in [6, 6.07) is 12.3. The van der Waals surface area contributed by atoms with Gasteiger partial charge in [0.25, 0.3) is 10.0 Å². The van der Waals surface area contributed by atoms with Crippen molar-refractivity contribution < 1.29 is 18.3 Å². The predicted octanol–water partition coefficient (Wildman–Crippen LogP) is 2.77. The molecule has 110 valence electrons. The minimum atomic E-state index is -3.82. The lowest BCUT2D eigenvalue weighted by Crippen LogP contribution is -2.13. The van der Waals surface area contributed by atoms with Gasteiger partial charge in [-0.2, -0.15) is 0 Å². The second-order valence-electron chi connectivity index (χ2n) is 4.31. The maximum atomic E-state index is 12.2. The van der Waals surface area contributed by atoms with Crippen LogP contribution in [-0.4, -0.2) is 19.5 Å². The summed E-state index contributed by atoms with van der Waals surface area (Å²) in [5.41, 5.74) is 0.788. The first-order chi connectivity index (χ1) is 9.88. The summed E-state index contributed by atoms with van der Waals surface area (Å²) in [5.74, 6) is -0.985. The molecule has 0 saturated carbocycles. The van der Waals surface area contributed by atoms with Crippen LogP contribution >= 0.6 is 11.6 Å². The van der Waals surface area contributed by atoms with E-state index in [-0.39, 0.29) is 22.0 Å². The van der Waals surface area contributed by atoms with E-state index >= 15 is 0 Å². The molecule has 0 atom stereocenters. The lowest BCUT2D eigenvalue weighted by Gasteiger charge is -2.10. The Balaban J connectivity index is 2.29. The van der Waals surface area contributed by atoms with Crippen molar-refractivity contribution in [2.75, 3.05) is 4.72 Å². The van der Waals surface area contributed by atoms with Crippen LogP contribution in [0.5, 0.6) is 0 Å². The van der Waals surface area contributed by atoms with E-state index in [1.165, 1.54) is 18.2 Å². The van der Waals surface area contributed by atoms with Crippen LogP contribution in [0.4, 0.5) is 5.69 Å². The maximum absolute atomic E-state index is 12.2. The molecule has 2 N–H and O–H groups in total. The molecule has 0 aromatic heterocycles. The van der Waals surface area contributed by atoms with E-state index in [1.54, 1.807) is 30.3 Å². The summed E-state index contributed by atoms with van der Waals surface area (Å²) in [6.07, 6.45) is -0.179. The number of carbonyl (C=O) groups is 1. The standard InChI is InChI=1S/C14H12ClNO4S/c15-12-6-1-2-7-13(12)21(19,20)16-11-5-3-4-10(8-11)9-14(17)18/h1-8,16H,9H2,(H,17,18). The Kier molecular flexibility index (Phi) is 4.50. The second kappa shape index (κ2) is 6.15. The highest BCUT2D eigenvalue weighted by Crippen LogP contribution is 2.23. The highest BCUT2D eigenvalue weighted by molar-refractivity contribution is 7.92. The molecule has 7 heteroatoms. The van der Waals surface area contributed by atoms with Crippen molar-refractivity contribution in [3.63, 3.8) is 0 Å². The van der Waals surface area contributed by atoms with Gasteiger partial charge in [0.05, 0.1) is 11.4 Å². The first kappa shape index (κ1) is 15.3. The molecule has 0 amide bonds. The first-order valence-corrected chi connectivity index (χ1v) is 7.83. The number of aliphatic carboxylic acids is 1. The topological polar surface area (TPSA) is 83.5 Å². The lowest BCUT2D eigenvalue weighted by atomic mass is 10.1. The van der Waals surface area contributed by atoms with Gasteiger partial charge in [-0.1, -0.05) is 35.9 Å². The van der Waals surface area contributed by atoms with Gasteiger partial charge in [-0.15, -0.1) is 0 Å². The van der Waals surface area contributed by atoms with Crippen LogP contribution < -0.4 is 4.72 Å². The molecule has 5 nitrogen and oxygen atoms in total. The van der Waals surface area contributed by atoms with Gasteiger partial charge < -0.3 is 5.11 Å². The molecule has 0 bridgehead atoms. The monoisotopic (exact) mass is 325 g/mol. The van der Waals surface area contributed by atoms with Gasteiger partial charge in [0.15, 0.2) is 0 Å². The summed E-state index contributed by atoms with van der Waals surface area (Å²) in [7, 11) is -3.82. The zero-order valence-corrected chi connectivity index (χ0v) is 12.4. The van der Waals surface area contributed by atoms with Crippen LogP contribution in [0.3, 0.4) is 0 Å². The quantitative estimate of drug-likeness (QED) is 0.885. The zero-order chi connectivity index (χ0) is 15.5. The normalized spacial score (nSPS) is 11.1. The van der Waals surface area contributed by atoms with Gasteiger partial charge >= 0.3 is 5.97 Å². The van der Waals surface area contributed by atoms with E-state index in [4.69, 9.17) is 16.7 Å². The van der Waals surface area contributed by atoms with Crippen LogP contribution in [0.1, 0.15) is 5.56 Å². The SMILES string of the molecule is O=C(O)Cc1cccc(NS(=O)(=O)c2ccccc2Cl)c1. The Hall–Kier alpha value is -2.05. The Labute approximate surface area is 127 Å². The predicted molar refractivity (Wildman–Crippen MR) is 80.0 cm³/mol. The molecule has 0 saturated heterocycles. The van der Waals surface area contributed by atoms with Gasteiger partial charge in [0, 0.05) is 5.69 Å². The number of benzene rings is 2. The Morgan fingerprint density at radius 2 is 1.86 bits per heavy atom. The van der Waals surface area contributed by atoms with Gasteiger partial charge in [-0.3, -0.25) is 9.52 Å². The Bertz CT molecular complexity index is 774. The summed E-state index contributed by atoms with van der Waals surface area (Å²) in [5, 5.41) is 8.87. The number of rotatable bonds is 5. The molecule has 0 aliphatic carbocycles. The van der Waals surface area contributed by atoms with Gasteiger partial charge in [-0.25, -0.2) is 8.42 Å². The molecule has 0 heterocycles. The highest BCUT2D eigenvalue weighted by atomic mass is 35.5. The Morgan fingerprint density at radius 3 is 2.52 bits per heavy atom. The molecule has 2 aromatic carbocycles. The number of carboxylic acid groups (broad SMARTS) is 1. The molecule has 0 unspecified atom stereocenters. The highest BCUT2D eigenvalue weighted by Gasteiger charge is 2.17. The van der Waals surface area contributed by atoms with E-state index in [2.05, 4.69) is 4.72 Å². The fourth-order valence-electron chi connectivity index (χ4n) is 1.79. The minimum absolute atomic E-state index is 0.0321. The minimum Gasteiger partial charge on any atom is -0.481 e. The van der Waals surface area contributed by atoms with E-state index in [0.717, 1.165) is 0 Å². The molecule has 2 rings (SSSR count). The van der Waals surface area contributed by atoms with Gasteiger partial charge in [0.2, 0.25) is 0 Å². The average Bonchev–Trinajstić information content (AvgIpc) is 2.38. The van der Waals surface area contributed by atoms with Crippen molar-refractivity contribution >= 4 is 33.3 Å². The van der Waals surface area contributed by atoms with Crippen LogP contribution in [0.25, 0.3) is 0 Å². The summed E-state index contributed by atoms with van der Waals surface area (Å²) < 4.78 is 26.9. The van der Waals surface area contributed by atoms with Crippen molar-refractivity contribution in [3.05, 3.63) is 59.1 Å². The van der Waals surface area contributed by atoms with Crippen molar-refractivity contribution in [1.82, 2.24) is 0 Å². The summed E-state index contributed by atoms with van der Waals surface area (Å²) >= 11 is 5.88. The molecule has 0 spiro atoms. The van der Waals surface area contributed by atoms with Gasteiger partial charge in [-0.05, 0) is 29.8 Å². The number of carboxylic acids is 1. The van der Waals surface area contributed by atoms with Crippen LogP contribution in [0, 0.1) is 0 Å². The van der Waals surface area contributed by atoms with Gasteiger partial charge in [0.1, 0.15) is 4.90 Å². The first-order valence-electron chi connectivity index (χ1n) is 5.96. The third-order valence-corrected chi connectivity index (χ3v) is 4.54. The molecular formula is C14H12ClNO4S. The fourth-order valence-corrected chi connectivity index (χ4v) is 3.36. The van der Waals surface area contributed by atoms with Crippen molar-refractivity contribution in [3.8, 4) is 0 Å². The largest absolute Gasteiger partial charge is 0.481 e. The van der Waals surface area contributed by atoms with Crippen LogP contribution in [0.2, 0.25) is 5.02 Å². The molecule has 0 fully saturated rings. The number of anilines is 1. The number of hydrogen-bond acceptors (Lipinski definition) is 3. The molecule has 0 radical (unpaired) electrons. The summed E-state index contributed by atoms with van der Waals surface area (Å²) in [6.45, 7) is 0. The second-order valence-corrected chi connectivity index (χ2v) is 6.36. The molecular weight excluding hydrogens is 314 g/mol. The smallest absolute Gasteiger partial charge is 0.307 e. The molecule has 0 aliphatic rings. The van der Waals surface area contributed by atoms with E-state index in [0.29, 0.717) is 5.56 Å². The lowest BCUT2D eigenvalue weighted by molar-refractivity contribution is -0.136. The molecule has 2 aromatic rings. The van der Waals surface area contributed by atoms with Crippen molar-refractivity contribution in [1.29, 1.82) is 0 Å². The third kappa shape index (κ3) is 3.96.